The Morgan fingerprint density at radius 3 is 2.14 bits per heavy atom. The van der Waals surface area contributed by atoms with Crippen LogP contribution in [-0.4, -0.2) is 65.5 Å². The molecule has 0 radical (unpaired) electrons. The number of rotatable bonds is 3. The van der Waals surface area contributed by atoms with Crippen LogP contribution in [0.3, 0.4) is 0 Å². The molecule has 1 aliphatic rings. The van der Waals surface area contributed by atoms with Gasteiger partial charge in [0.25, 0.3) is 0 Å². The number of nitrogens with zero attached hydrogens (tertiary/aromatic N) is 2. The number of piperazine rings is 1. The Morgan fingerprint density at radius 2 is 1.62 bits per heavy atom. The number of sulfone groups is 1. The number of likely N-dealkylation sites (N-methyl/N-ethyl adjacent to an activating group) is 1. The van der Waals surface area contributed by atoms with Gasteiger partial charge < -0.3 is 4.90 Å². The molecule has 0 bridgehead atoms. The first-order valence-electron chi connectivity index (χ1n) is 6.30. The van der Waals surface area contributed by atoms with Gasteiger partial charge in [-0.3, -0.25) is 0 Å². The maximum atomic E-state index is 13.9. The van der Waals surface area contributed by atoms with Crippen molar-refractivity contribution in [3.8, 4) is 0 Å². The molecule has 0 saturated carbocycles. The van der Waals surface area contributed by atoms with E-state index in [0.29, 0.717) is 13.1 Å². The number of halogens is 1. The van der Waals surface area contributed by atoms with E-state index in [2.05, 4.69) is 0 Å². The van der Waals surface area contributed by atoms with E-state index in [0.717, 1.165) is 24.5 Å². The molecule has 1 aromatic rings. The number of hydrogen-bond acceptors (Lipinski definition) is 5. The number of hydrogen-bond donors (Lipinski definition) is 0. The fourth-order valence-electron chi connectivity index (χ4n) is 2.08. The summed E-state index contributed by atoms with van der Waals surface area (Å²) in [5, 5.41) is 0. The van der Waals surface area contributed by atoms with E-state index in [1.807, 2.05) is 11.9 Å². The Bertz CT molecular complexity index is 739. The zero-order valence-electron chi connectivity index (χ0n) is 11.8. The SMILES string of the molecule is CN1CCN(S(=O)(=O)c2cc(S(C)(=O)=O)ccc2F)CC1. The summed E-state index contributed by atoms with van der Waals surface area (Å²) >= 11 is 0. The van der Waals surface area contributed by atoms with Crippen LogP contribution in [0.4, 0.5) is 4.39 Å². The Balaban J connectivity index is 2.45. The molecule has 0 spiro atoms. The van der Waals surface area contributed by atoms with E-state index < -0.39 is 30.6 Å². The highest BCUT2D eigenvalue weighted by Gasteiger charge is 2.30. The highest BCUT2D eigenvalue weighted by Crippen LogP contribution is 2.23. The second-order valence-corrected chi connectivity index (χ2v) is 8.99. The third-order valence-corrected chi connectivity index (χ3v) is 6.43. The highest BCUT2D eigenvalue weighted by atomic mass is 32.2. The Labute approximate surface area is 124 Å². The van der Waals surface area contributed by atoms with Crippen molar-refractivity contribution in [2.24, 2.45) is 0 Å². The second-order valence-electron chi connectivity index (χ2n) is 5.07. The largest absolute Gasteiger partial charge is 0.304 e. The lowest BCUT2D eigenvalue weighted by Gasteiger charge is -2.31. The molecule has 1 fully saturated rings. The smallest absolute Gasteiger partial charge is 0.246 e. The van der Waals surface area contributed by atoms with Crippen LogP contribution in [0.15, 0.2) is 28.0 Å². The predicted molar refractivity (Wildman–Crippen MR) is 75.8 cm³/mol. The Morgan fingerprint density at radius 1 is 1.05 bits per heavy atom. The van der Waals surface area contributed by atoms with Gasteiger partial charge in [0.2, 0.25) is 10.0 Å². The first kappa shape index (κ1) is 16.3. The minimum Gasteiger partial charge on any atom is -0.304 e. The number of benzene rings is 1. The van der Waals surface area contributed by atoms with Crippen molar-refractivity contribution in [3.63, 3.8) is 0 Å². The average molecular weight is 336 g/mol. The van der Waals surface area contributed by atoms with Gasteiger partial charge in [-0.1, -0.05) is 0 Å². The summed E-state index contributed by atoms with van der Waals surface area (Å²) < 4.78 is 63.0. The maximum absolute atomic E-state index is 13.9. The lowest BCUT2D eigenvalue weighted by molar-refractivity contribution is 0.222. The summed E-state index contributed by atoms with van der Waals surface area (Å²) in [4.78, 5) is 1.17. The number of sulfonamides is 1. The van der Waals surface area contributed by atoms with Crippen LogP contribution >= 0.6 is 0 Å². The second kappa shape index (κ2) is 5.64. The van der Waals surface area contributed by atoms with E-state index in [-0.39, 0.29) is 18.0 Å². The van der Waals surface area contributed by atoms with Crippen molar-refractivity contribution in [1.82, 2.24) is 9.21 Å². The van der Waals surface area contributed by atoms with Gasteiger partial charge in [0.15, 0.2) is 9.84 Å². The normalized spacial score (nSPS) is 18.8. The fraction of sp³-hybridized carbons (Fsp3) is 0.500. The first-order valence-corrected chi connectivity index (χ1v) is 9.64. The van der Waals surface area contributed by atoms with Crippen molar-refractivity contribution in [2.45, 2.75) is 9.79 Å². The van der Waals surface area contributed by atoms with E-state index in [4.69, 9.17) is 0 Å². The molecule has 1 aliphatic heterocycles. The molecule has 0 N–H and O–H groups in total. The van der Waals surface area contributed by atoms with E-state index in [1.165, 1.54) is 4.31 Å². The topological polar surface area (TPSA) is 74.8 Å². The van der Waals surface area contributed by atoms with Gasteiger partial charge in [-0.05, 0) is 25.2 Å². The molecule has 0 atom stereocenters. The highest BCUT2D eigenvalue weighted by molar-refractivity contribution is 7.91. The van der Waals surface area contributed by atoms with Crippen molar-refractivity contribution in [3.05, 3.63) is 24.0 Å². The molecular formula is C12H17FN2O4S2. The van der Waals surface area contributed by atoms with Gasteiger partial charge in [-0.15, -0.1) is 0 Å². The molecule has 2 rings (SSSR count). The molecule has 118 valence electrons. The minimum absolute atomic E-state index is 0.211. The Hall–Kier alpha value is -1.03. The minimum atomic E-state index is -4.03. The molecule has 0 aliphatic carbocycles. The van der Waals surface area contributed by atoms with Crippen LogP contribution in [0.1, 0.15) is 0 Å². The zero-order chi connectivity index (χ0) is 15.8. The van der Waals surface area contributed by atoms with Crippen LogP contribution in [0, 0.1) is 5.82 Å². The summed E-state index contributed by atoms with van der Waals surface area (Å²) in [7, 11) is -5.76. The van der Waals surface area contributed by atoms with Crippen LogP contribution in [0.5, 0.6) is 0 Å². The molecule has 1 heterocycles. The van der Waals surface area contributed by atoms with Gasteiger partial charge in [-0.2, -0.15) is 4.31 Å². The van der Waals surface area contributed by atoms with E-state index in [1.54, 1.807) is 0 Å². The van der Waals surface area contributed by atoms with Crippen molar-refractivity contribution in [1.29, 1.82) is 0 Å². The molecule has 0 amide bonds. The molecular weight excluding hydrogens is 319 g/mol. The average Bonchev–Trinajstić information content (AvgIpc) is 2.38. The Kier molecular flexibility index (Phi) is 4.39. The third-order valence-electron chi connectivity index (χ3n) is 3.41. The van der Waals surface area contributed by atoms with Crippen molar-refractivity contribution >= 4 is 19.9 Å². The van der Waals surface area contributed by atoms with Gasteiger partial charge in [0.1, 0.15) is 10.7 Å². The first-order chi connectivity index (χ1) is 9.62. The summed E-state index contributed by atoms with van der Waals surface area (Å²) in [6.07, 6.45) is 0.951. The van der Waals surface area contributed by atoms with Gasteiger partial charge in [0.05, 0.1) is 4.90 Å². The fourth-order valence-corrected chi connectivity index (χ4v) is 4.31. The lowest BCUT2D eigenvalue weighted by Crippen LogP contribution is -2.47. The van der Waals surface area contributed by atoms with Crippen LogP contribution in [-0.2, 0) is 19.9 Å². The monoisotopic (exact) mass is 336 g/mol. The maximum Gasteiger partial charge on any atom is 0.246 e. The third kappa shape index (κ3) is 3.42. The van der Waals surface area contributed by atoms with E-state index in [9.17, 15) is 21.2 Å². The summed E-state index contributed by atoms with van der Waals surface area (Å²) in [6.45, 7) is 1.60. The van der Waals surface area contributed by atoms with Gasteiger partial charge in [-0.25, -0.2) is 21.2 Å². The van der Waals surface area contributed by atoms with Gasteiger partial charge in [0, 0.05) is 32.4 Å². The predicted octanol–water partition coefficient (Wildman–Crippen LogP) is 0.165. The molecule has 0 aromatic heterocycles. The molecule has 6 nitrogen and oxygen atoms in total. The molecule has 1 saturated heterocycles. The molecule has 0 unspecified atom stereocenters. The summed E-state index contributed by atoms with van der Waals surface area (Å²) in [5.74, 6) is -0.943. The van der Waals surface area contributed by atoms with Crippen LogP contribution in [0.25, 0.3) is 0 Å². The van der Waals surface area contributed by atoms with E-state index >= 15 is 0 Å². The lowest BCUT2D eigenvalue weighted by atomic mass is 10.3. The molecule has 21 heavy (non-hydrogen) atoms. The van der Waals surface area contributed by atoms with Crippen molar-refractivity contribution in [2.75, 3.05) is 39.5 Å². The molecule has 1 aromatic carbocycles. The van der Waals surface area contributed by atoms with Crippen molar-refractivity contribution < 1.29 is 21.2 Å². The standard InChI is InChI=1S/C12H17FN2O4S2/c1-14-5-7-15(8-6-14)21(18,19)12-9-10(20(2,16)17)3-4-11(12)13/h3-4,9H,5-8H2,1-2H3. The van der Waals surface area contributed by atoms with Crippen LogP contribution in [0.2, 0.25) is 0 Å². The zero-order valence-corrected chi connectivity index (χ0v) is 13.4. The quantitative estimate of drug-likeness (QED) is 0.736. The molecule has 9 heteroatoms. The summed E-state index contributed by atoms with van der Waals surface area (Å²) in [6, 6.07) is 2.82. The van der Waals surface area contributed by atoms with Crippen LogP contribution < -0.4 is 0 Å². The summed E-state index contributed by atoms with van der Waals surface area (Å²) in [5.41, 5.74) is 0. The van der Waals surface area contributed by atoms with Gasteiger partial charge >= 0.3 is 0 Å².